The van der Waals surface area contributed by atoms with Crippen LogP contribution in [0, 0.1) is 14.9 Å². The second-order valence-corrected chi connectivity index (χ2v) is 10.2. The summed E-state index contributed by atoms with van der Waals surface area (Å²) in [6.07, 6.45) is 0. The third-order valence-electron chi connectivity index (χ3n) is 5.70. The number of carbonyl (C=O) groups excluding carboxylic acids is 1. The molecule has 0 spiro atoms. The van der Waals surface area contributed by atoms with Crippen molar-refractivity contribution in [2.45, 2.75) is 6.54 Å². The number of aromatic nitrogens is 1. The molecule has 1 aliphatic heterocycles. The molecule has 7 nitrogen and oxygen atoms in total. The van der Waals surface area contributed by atoms with Crippen LogP contribution in [0.25, 0.3) is 10.9 Å². The molecule has 4 rings (SSSR count). The number of nitriles is 1. The van der Waals surface area contributed by atoms with Crippen molar-refractivity contribution in [3.63, 3.8) is 0 Å². The Morgan fingerprint density at radius 3 is 2.59 bits per heavy atom. The molecule has 0 saturated carbocycles. The van der Waals surface area contributed by atoms with Crippen LogP contribution in [0.1, 0.15) is 15.2 Å². The summed E-state index contributed by atoms with van der Waals surface area (Å²) in [6.45, 7) is 3.48. The zero-order chi connectivity index (χ0) is 22.8. The minimum atomic E-state index is -0.254. The van der Waals surface area contributed by atoms with E-state index >= 15 is 0 Å². The highest BCUT2D eigenvalue weighted by molar-refractivity contribution is 14.1. The van der Waals surface area contributed by atoms with Crippen molar-refractivity contribution in [1.29, 1.82) is 5.26 Å². The van der Waals surface area contributed by atoms with E-state index in [1.165, 1.54) is 11.3 Å². The maximum atomic E-state index is 13.3. The minimum Gasteiger partial charge on any atom is -0.366 e. The maximum Gasteiger partial charge on any atom is 0.271 e. The number of fused-ring (bicyclic) bond motifs is 1. The zero-order valence-electron chi connectivity index (χ0n) is 18.0. The van der Waals surface area contributed by atoms with E-state index in [0.717, 1.165) is 19.4 Å². The molecule has 1 aromatic carbocycles. The molecule has 0 N–H and O–H groups in total. The summed E-state index contributed by atoms with van der Waals surface area (Å²) >= 11 is 3.71. The number of halogens is 1. The van der Waals surface area contributed by atoms with Crippen molar-refractivity contribution in [3.05, 3.63) is 60.1 Å². The first-order chi connectivity index (χ1) is 15.4. The molecule has 2 aromatic heterocycles. The Kier molecular flexibility index (Phi) is 6.83. The average molecular weight is 561 g/mol. The van der Waals surface area contributed by atoms with Gasteiger partial charge >= 0.3 is 0 Å². The molecule has 9 heteroatoms. The van der Waals surface area contributed by atoms with Gasteiger partial charge in [0.05, 0.1) is 16.1 Å². The van der Waals surface area contributed by atoms with Crippen LogP contribution >= 0.6 is 33.9 Å². The van der Waals surface area contributed by atoms with Gasteiger partial charge in [0, 0.05) is 48.2 Å². The molecular formula is C23H24IN5O2S. The second kappa shape index (κ2) is 9.60. The van der Waals surface area contributed by atoms with Gasteiger partial charge in [0.15, 0.2) is 0 Å². The quantitative estimate of drug-likeness (QED) is 0.448. The normalized spacial score (nSPS) is 14.2. The molecule has 166 valence electrons. The third kappa shape index (κ3) is 4.40. The Morgan fingerprint density at radius 2 is 1.97 bits per heavy atom. The van der Waals surface area contributed by atoms with Crippen LogP contribution in [0.4, 0.5) is 5.69 Å². The van der Waals surface area contributed by atoms with Gasteiger partial charge in [0.1, 0.15) is 11.6 Å². The molecule has 3 heterocycles. The number of carbonyl (C=O) groups is 1. The first-order valence-corrected chi connectivity index (χ1v) is 12.3. The number of rotatable bonds is 5. The van der Waals surface area contributed by atoms with Gasteiger partial charge in [-0.05, 0) is 66.3 Å². The molecule has 0 unspecified atom stereocenters. The van der Waals surface area contributed by atoms with Crippen LogP contribution in [0.15, 0.2) is 40.5 Å². The van der Waals surface area contributed by atoms with Crippen molar-refractivity contribution < 1.29 is 4.79 Å². The van der Waals surface area contributed by atoms with E-state index in [1.807, 2.05) is 59.6 Å². The first-order valence-electron chi connectivity index (χ1n) is 10.4. The van der Waals surface area contributed by atoms with Gasteiger partial charge in [-0.15, -0.1) is 11.3 Å². The summed E-state index contributed by atoms with van der Waals surface area (Å²) in [5.74, 6) is 0.0404. The number of benzene rings is 1. The highest BCUT2D eigenvalue weighted by atomic mass is 127. The van der Waals surface area contributed by atoms with Crippen molar-refractivity contribution in [3.8, 4) is 6.07 Å². The molecule has 1 saturated heterocycles. The maximum absolute atomic E-state index is 13.3. The van der Waals surface area contributed by atoms with Crippen molar-refractivity contribution in [2.75, 3.05) is 51.7 Å². The molecule has 0 aliphatic carbocycles. The van der Waals surface area contributed by atoms with Gasteiger partial charge in [0.2, 0.25) is 0 Å². The van der Waals surface area contributed by atoms with Crippen molar-refractivity contribution in [1.82, 2.24) is 14.4 Å². The smallest absolute Gasteiger partial charge is 0.271 e. The highest BCUT2D eigenvalue weighted by Crippen LogP contribution is 2.31. The van der Waals surface area contributed by atoms with Gasteiger partial charge in [-0.3, -0.25) is 9.59 Å². The fraction of sp³-hybridized carbons (Fsp3) is 0.348. The standard InChI is InChI=1S/C23H24IN5O2S/c1-26(2)7-12-29-19-6-5-16(24)14-17(19)21(18(15-25)22(29)30)27-8-10-28(11-9-27)23(31)20-4-3-13-32-20/h3-6,13-14H,7-12H2,1-2H3. The van der Waals surface area contributed by atoms with Crippen LogP contribution in [0.2, 0.25) is 0 Å². The first kappa shape index (κ1) is 22.8. The number of pyridine rings is 1. The summed E-state index contributed by atoms with van der Waals surface area (Å²) in [7, 11) is 3.93. The largest absolute Gasteiger partial charge is 0.366 e. The van der Waals surface area contributed by atoms with Gasteiger partial charge in [-0.2, -0.15) is 5.26 Å². The second-order valence-electron chi connectivity index (χ2n) is 8.01. The number of piperazine rings is 1. The summed E-state index contributed by atoms with van der Waals surface area (Å²) in [6, 6.07) is 11.9. The Labute approximate surface area is 204 Å². The lowest BCUT2D eigenvalue weighted by Crippen LogP contribution is -2.49. The summed E-state index contributed by atoms with van der Waals surface area (Å²) < 4.78 is 2.76. The predicted octanol–water partition coefficient (Wildman–Crippen LogP) is 3.06. The van der Waals surface area contributed by atoms with E-state index < -0.39 is 0 Å². The Hall–Kier alpha value is -2.42. The summed E-state index contributed by atoms with van der Waals surface area (Å²) in [5, 5.41) is 12.8. The predicted molar refractivity (Wildman–Crippen MR) is 137 cm³/mol. The lowest BCUT2D eigenvalue weighted by Gasteiger charge is -2.37. The Bertz CT molecular complexity index is 1240. The van der Waals surface area contributed by atoms with E-state index in [0.29, 0.717) is 45.0 Å². The van der Waals surface area contributed by atoms with Crippen molar-refractivity contribution >= 4 is 56.4 Å². The molecule has 1 amide bonds. The number of hydrogen-bond acceptors (Lipinski definition) is 6. The number of amides is 1. The van der Waals surface area contributed by atoms with Crippen LogP contribution in [-0.2, 0) is 6.54 Å². The monoisotopic (exact) mass is 561 g/mol. The lowest BCUT2D eigenvalue weighted by atomic mass is 10.1. The Balaban J connectivity index is 1.72. The van der Waals surface area contributed by atoms with Gasteiger partial charge in [-0.1, -0.05) is 6.07 Å². The number of hydrogen-bond donors (Lipinski definition) is 0. The molecule has 1 fully saturated rings. The summed E-state index contributed by atoms with van der Waals surface area (Å²) in [4.78, 5) is 32.7. The summed E-state index contributed by atoms with van der Waals surface area (Å²) in [5.41, 5.74) is 1.45. The third-order valence-corrected chi connectivity index (χ3v) is 7.23. The number of nitrogens with zero attached hydrogens (tertiary/aromatic N) is 5. The average Bonchev–Trinajstić information content (AvgIpc) is 3.32. The highest BCUT2D eigenvalue weighted by Gasteiger charge is 2.27. The van der Waals surface area contributed by atoms with Crippen LogP contribution in [0.3, 0.4) is 0 Å². The van der Waals surface area contributed by atoms with E-state index in [9.17, 15) is 14.9 Å². The van der Waals surface area contributed by atoms with E-state index in [-0.39, 0.29) is 17.0 Å². The fourth-order valence-corrected chi connectivity index (χ4v) is 5.24. The molecule has 1 aliphatic rings. The van der Waals surface area contributed by atoms with Crippen LogP contribution in [0.5, 0.6) is 0 Å². The van der Waals surface area contributed by atoms with E-state index in [1.54, 1.807) is 4.57 Å². The Morgan fingerprint density at radius 1 is 1.22 bits per heavy atom. The SMILES string of the molecule is CN(C)CCn1c(=O)c(C#N)c(N2CCN(C(=O)c3cccs3)CC2)c2cc(I)ccc21. The molecule has 0 bridgehead atoms. The van der Waals surface area contributed by atoms with Gasteiger partial charge in [0.25, 0.3) is 11.5 Å². The number of anilines is 1. The molecule has 32 heavy (non-hydrogen) atoms. The van der Waals surface area contributed by atoms with Crippen LogP contribution in [-0.4, -0.2) is 67.1 Å². The van der Waals surface area contributed by atoms with Crippen molar-refractivity contribution in [2.24, 2.45) is 0 Å². The van der Waals surface area contributed by atoms with Gasteiger partial charge in [-0.25, -0.2) is 0 Å². The molecule has 0 atom stereocenters. The lowest BCUT2D eigenvalue weighted by molar-refractivity contribution is 0.0751. The topological polar surface area (TPSA) is 72.6 Å². The zero-order valence-corrected chi connectivity index (χ0v) is 21.0. The molecule has 3 aromatic rings. The number of likely N-dealkylation sites (N-methyl/N-ethyl adjacent to an activating group) is 1. The fourth-order valence-electron chi connectivity index (χ4n) is 4.05. The van der Waals surface area contributed by atoms with Gasteiger partial charge < -0.3 is 19.3 Å². The van der Waals surface area contributed by atoms with Crippen LogP contribution < -0.4 is 10.5 Å². The molecule has 0 radical (unpaired) electrons. The van der Waals surface area contributed by atoms with E-state index in [4.69, 9.17) is 0 Å². The minimum absolute atomic E-state index is 0.0404. The number of thiophene rings is 1. The molecular weight excluding hydrogens is 537 g/mol. The van der Waals surface area contributed by atoms with E-state index in [2.05, 4.69) is 33.6 Å².